The SMILES string of the molecule is CC(C(=O)Nc1ccc(OC(F)F)c(Cl)c1)n1cccn1. The standard InChI is InChI=1S/C13H12ClF2N3O2/c1-8(19-6-2-5-17-19)12(20)18-9-3-4-11(10(14)7-9)21-13(15)16/h2-8,13H,1H3,(H,18,20). The Hall–Kier alpha value is -2.15. The Bertz CT molecular complexity index is 620. The van der Waals surface area contributed by atoms with Crippen molar-refractivity contribution in [1.29, 1.82) is 0 Å². The van der Waals surface area contributed by atoms with Gasteiger partial charge in [-0.05, 0) is 31.2 Å². The summed E-state index contributed by atoms with van der Waals surface area (Å²) < 4.78 is 29.9. The van der Waals surface area contributed by atoms with Crippen LogP contribution in [0.1, 0.15) is 13.0 Å². The third-order valence-electron chi connectivity index (χ3n) is 2.72. The number of amides is 1. The highest BCUT2D eigenvalue weighted by atomic mass is 35.5. The lowest BCUT2D eigenvalue weighted by atomic mass is 10.2. The van der Waals surface area contributed by atoms with E-state index in [2.05, 4.69) is 15.2 Å². The molecule has 0 bridgehead atoms. The van der Waals surface area contributed by atoms with E-state index in [0.29, 0.717) is 5.69 Å². The molecule has 0 spiro atoms. The molecule has 0 saturated heterocycles. The number of anilines is 1. The molecule has 0 saturated carbocycles. The number of nitrogens with one attached hydrogen (secondary N) is 1. The van der Waals surface area contributed by atoms with E-state index in [1.165, 1.54) is 22.9 Å². The number of benzene rings is 1. The van der Waals surface area contributed by atoms with E-state index in [0.717, 1.165) is 0 Å². The topological polar surface area (TPSA) is 56.1 Å². The zero-order chi connectivity index (χ0) is 15.4. The third kappa shape index (κ3) is 3.91. The fourth-order valence-corrected chi connectivity index (χ4v) is 1.87. The first kappa shape index (κ1) is 15.2. The molecule has 1 N–H and O–H groups in total. The van der Waals surface area contributed by atoms with Gasteiger partial charge < -0.3 is 10.1 Å². The summed E-state index contributed by atoms with van der Waals surface area (Å²) in [5, 5.41) is 6.58. The molecule has 2 rings (SSSR count). The van der Waals surface area contributed by atoms with Crippen LogP contribution in [0.25, 0.3) is 0 Å². The molecule has 2 aromatic rings. The quantitative estimate of drug-likeness (QED) is 0.920. The lowest BCUT2D eigenvalue weighted by Crippen LogP contribution is -2.23. The molecular formula is C13H12ClF2N3O2. The van der Waals surface area contributed by atoms with Crippen LogP contribution in [0.3, 0.4) is 0 Å². The molecule has 1 unspecified atom stereocenters. The Kier molecular flexibility index (Phi) is 4.74. The van der Waals surface area contributed by atoms with Crippen molar-refractivity contribution in [2.45, 2.75) is 19.6 Å². The number of alkyl halides is 2. The summed E-state index contributed by atoms with van der Waals surface area (Å²) in [6.45, 7) is -1.28. The molecule has 5 nitrogen and oxygen atoms in total. The van der Waals surface area contributed by atoms with Crippen LogP contribution in [0.5, 0.6) is 5.75 Å². The lowest BCUT2D eigenvalue weighted by molar-refractivity contribution is -0.119. The molecule has 1 atom stereocenters. The van der Waals surface area contributed by atoms with E-state index in [1.54, 1.807) is 25.4 Å². The van der Waals surface area contributed by atoms with E-state index >= 15 is 0 Å². The fraction of sp³-hybridized carbons (Fsp3) is 0.231. The van der Waals surface area contributed by atoms with Crippen LogP contribution >= 0.6 is 11.6 Å². The lowest BCUT2D eigenvalue weighted by Gasteiger charge is -2.13. The minimum absolute atomic E-state index is 0.0140. The number of hydrogen-bond donors (Lipinski definition) is 1. The molecular weight excluding hydrogens is 304 g/mol. The van der Waals surface area contributed by atoms with Crippen molar-refractivity contribution >= 4 is 23.2 Å². The highest BCUT2D eigenvalue weighted by Crippen LogP contribution is 2.29. The van der Waals surface area contributed by atoms with Crippen LogP contribution in [0.2, 0.25) is 5.02 Å². The van der Waals surface area contributed by atoms with E-state index < -0.39 is 12.7 Å². The number of rotatable bonds is 5. The van der Waals surface area contributed by atoms with Crippen molar-refractivity contribution < 1.29 is 18.3 Å². The van der Waals surface area contributed by atoms with Crippen LogP contribution in [0.15, 0.2) is 36.7 Å². The first-order valence-electron chi connectivity index (χ1n) is 6.01. The normalized spacial score (nSPS) is 12.2. The first-order chi connectivity index (χ1) is 9.97. The second kappa shape index (κ2) is 6.53. The molecule has 112 valence electrons. The number of halogens is 3. The van der Waals surface area contributed by atoms with Gasteiger partial charge in [-0.3, -0.25) is 9.48 Å². The van der Waals surface area contributed by atoms with Gasteiger partial charge in [0, 0.05) is 18.1 Å². The predicted molar refractivity (Wildman–Crippen MR) is 73.7 cm³/mol. The van der Waals surface area contributed by atoms with Gasteiger partial charge in [-0.15, -0.1) is 0 Å². The van der Waals surface area contributed by atoms with Crippen LogP contribution in [0, 0.1) is 0 Å². The molecule has 1 amide bonds. The Balaban J connectivity index is 2.06. The summed E-state index contributed by atoms with van der Waals surface area (Å²) in [5.74, 6) is -0.456. The number of aromatic nitrogens is 2. The number of ether oxygens (including phenoxy) is 1. The summed E-state index contributed by atoms with van der Waals surface area (Å²) in [4.78, 5) is 12.0. The van der Waals surface area contributed by atoms with Crippen LogP contribution < -0.4 is 10.1 Å². The molecule has 0 fully saturated rings. The molecule has 0 aliphatic carbocycles. The van der Waals surface area contributed by atoms with Crippen LogP contribution in [-0.2, 0) is 4.79 Å². The van der Waals surface area contributed by atoms with Crippen molar-refractivity contribution in [3.63, 3.8) is 0 Å². The van der Waals surface area contributed by atoms with E-state index in [4.69, 9.17) is 11.6 Å². The summed E-state index contributed by atoms with van der Waals surface area (Å²) in [6, 6.07) is 5.22. The maximum absolute atomic E-state index is 12.1. The average Bonchev–Trinajstić information content (AvgIpc) is 2.94. The summed E-state index contributed by atoms with van der Waals surface area (Å²) in [5.41, 5.74) is 0.380. The zero-order valence-corrected chi connectivity index (χ0v) is 11.7. The molecule has 8 heteroatoms. The Labute approximate surface area is 124 Å². The summed E-state index contributed by atoms with van der Waals surface area (Å²) >= 11 is 5.81. The highest BCUT2D eigenvalue weighted by molar-refractivity contribution is 6.32. The Morgan fingerprint density at radius 3 is 2.81 bits per heavy atom. The summed E-state index contributed by atoms with van der Waals surface area (Å²) in [6.07, 6.45) is 3.23. The minimum atomic E-state index is -2.96. The molecule has 1 aromatic heterocycles. The molecule has 21 heavy (non-hydrogen) atoms. The van der Waals surface area contributed by atoms with Gasteiger partial charge in [0.05, 0.1) is 5.02 Å². The Morgan fingerprint density at radius 2 is 2.24 bits per heavy atom. The molecule has 1 heterocycles. The second-order valence-electron chi connectivity index (χ2n) is 4.18. The van der Waals surface area contributed by atoms with Crippen molar-refractivity contribution in [1.82, 2.24) is 9.78 Å². The maximum atomic E-state index is 12.1. The molecule has 0 aliphatic heterocycles. The van der Waals surface area contributed by atoms with Crippen molar-refractivity contribution in [3.8, 4) is 5.75 Å². The first-order valence-corrected chi connectivity index (χ1v) is 6.39. The van der Waals surface area contributed by atoms with Crippen molar-refractivity contribution in [2.24, 2.45) is 0 Å². The van der Waals surface area contributed by atoms with Gasteiger partial charge in [-0.1, -0.05) is 11.6 Å². The van der Waals surface area contributed by atoms with E-state index in [9.17, 15) is 13.6 Å². The monoisotopic (exact) mass is 315 g/mol. The van der Waals surface area contributed by atoms with Gasteiger partial charge in [-0.2, -0.15) is 13.9 Å². The fourth-order valence-electron chi connectivity index (χ4n) is 1.65. The van der Waals surface area contributed by atoms with Gasteiger partial charge >= 0.3 is 6.61 Å². The summed E-state index contributed by atoms with van der Waals surface area (Å²) in [7, 11) is 0. The number of nitrogens with zero attached hydrogens (tertiary/aromatic N) is 2. The zero-order valence-electron chi connectivity index (χ0n) is 11.0. The minimum Gasteiger partial charge on any atom is -0.433 e. The number of hydrogen-bond acceptors (Lipinski definition) is 3. The smallest absolute Gasteiger partial charge is 0.387 e. The highest BCUT2D eigenvalue weighted by Gasteiger charge is 2.16. The van der Waals surface area contributed by atoms with Gasteiger partial charge in [0.15, 0.2) is 0 Å². The van der Waals surface area contributed by atoms with Gasteiger partial charge in [0.2, 0.25) is 5.91 Å². The maximum Gasteiger partial charge on any atom is 0.387 e. The molecule has 1 aromatic carbocycles. The second-order valence-corrected chi connectivity index (χ2v) is 4.58. The largest absolute Gasteiger partial charge is 0.433 e. The van der Waals surface area contributed by atoms with Crippen LogP contribution in [-0.4, -0.2) is 22.3 Å². The number of carbonyl (C=O) groups excluding carboxylic acids is 1. The third-order valence-corrected chi connectivity index (χ3v) is 3.01. The van der Waals surface area contributed by atoms with E-state index in [1.807, 2.05) is 0 Å². The van der Waals surface area contributed by atoms with Gasteiger partial charge in [0.25, 0.3) is 0 Å². The number of carbonyl (C=O) groups is 1. The van der Waals surface area contributed by atoms with Crippen molar-refractivity contribution in [3.05, 3.63) is 41.7 Å². The molecule has 0 radical (unpaired) electrons. The average molecular weight is 316 g/mol. The van der Waals surface area contributed by atoms with E-state index in [-0.39, 0.29) is 16.7 Å². The molecule has 0 aliphatic rings. The predicted octanol–water partition coefficient (Wildman–Crippen LogP) is 3.34. The Morgan fingerprint density at radius 1 is 1.48 bits per heavy atom. The van der Waals surface area contributed by atoms with Crippen LogP contribution in [0.4, 0.5) is 14.5 Å². The van der Waals surface area contributed by atoms with Crippen molar-refractivity contribution in [2.75, 3.05) is 5.32 Å². The van der Waals surface area contributed by atoms with Gasteiger partial charge in [0.1, 0.15) is 11.8 Å². The van der Waals surface area contributed by atoms with Gasteiger partial charge in [-0.25, -0.2) is 0 Å².